The summed E-state index contributed by atoms with van der Waals surface area (Å²) in [5.41, 5.74) is 1.53. The van der Waals surface area contributed by atoms with Crippen LogP contribution in [-0.4, -0.2) is 47.8 Å². The highest BCUT2D eigenvalue weighted by Crippen LogP contribution is 2.25. The summed E-state index contributed by atoms with van der Waals surface area (Å²) < 4.78 is 9.36. The van der Waals surface area contributed by atoms with Gasteiger partial charge in [0.1, 0.15) is 11.9 Å². The van der Waals surface area contributed by atoms with E-state index >= 15 is 0 Å². The Balaban J connectivity index is 1.46. The van der Waals surface area contributed by atoms with Crippen molar-refractivity contribution in [2.75, 3.05) is 30.6 Å². The second kappa shape index (κ2) is 10.7. The Morgan fingerprint density at radius 3 is 2.34 bits per heavy atom. The van der Waals surface area contributed by atoms with E-state index in [1.54, 1.807) is 12.1 Å². The Kier molecular flexibility index (Phi) is 8.03. The number of hydrogen-bond donors (Lipinski definition) is 1. The van der Waals surface area contributed by atoms with Gasteiger partial charge in [-0.3, -0.25) is 9.59 Å². The van der Waals surface area contributed by atoms with Gasteiger partial charge in [0.25, 0.3) is 0 Å². The maximum absolute atomic E-state index is 12.0. The highest BCUT2D eigenvalue weighted by atomic mass is 32.2. The number of ether oxygens (including phenoxy) is 1. The number of nitrogens with zero attached hydrogens (tertiary/aromatic N) is 1. The summed E-state index contributed by atoms with van der Waals surface area (Å²) in [4.78, 5) is 26.4. The largest absolute Gasteiger partial charge is 0.490 e. The number of carbonyl (C=O) groups is 2. The van der Waals surface area contributed by atoms with E-state index in [0.717, 1.165) is 54.0 Å². The number of ketones is 1. The maximum atomic E-state index is 12.0. The first-order chi connectivity index (χ1) is 14.0. The summed E-state index contributed by atoms with van der Waals surface area (Å²) in [5.74, 6) is 1.06. The van der Waals surface area contributed by atoms with Gasteiger partial charge in [-0.15, -0.1) is 0 Å². The SMILES string of the molecule is CC(=O)SCC(=O)c1ccc(NSc2ccc(OC3CCN(C)CC3)cc2)cc1. The summed E-state index contributed by atoms with van der Waals surface area (Å²) in [6.45, 7) is 3.64. The van der Waals surface area contributed by atoms with Crippen molar-refractivity contribution in [3.05, 3.63) is 54.1 Å². The molecule has 0 bridgehead atoms. The molecule has 1 saturated heterocycles. The Morgan fingerprint density at radius 2 is 1.72 bits per heavy atom. The van der Waals surface area contributed by atoms with Gasteiger partial charge in [0, 0.05) is 36.2 Å². The summed E-state index contributed by atoms with van der Waals surface area (Å²) in [6, 6.07) is 15.4. The summed E-state index contributed by atoms with van der Waals surface area (Å²) in [7, 11) is 2.15. The molecule has 0 radical (unpaired) electrons. The van der Waals surface area contributed by atoms with Crippen LogP contribution in [0.15, 0.2) is 53.4 Å². The molecule has 2 aromatic carbocycles. The fraction of sp³-hybridized carbons (Fsp3) is 0.364. The van der Waals surface area contributed by atoms with E-state index in [9.17, 15) is 9.59 Å². The zero-order valence-corrected chi connectivity index (χ0v) is 18.4. The van der Waals surface area contributed by atoms with E-state index in [1.165, 1.54) is 18.9 Å². The van der Waals surface area contributed by atoms with Crippen LogP contribution in [0.3, 0.4) is 0 Å². The third kappa shape index (κ3) is 7.10. The Labute approximate surface area is 180 Å². The van der Waals surface area contributed by atoms with Gasteiger partial charge in [0.15, 0.2) is 10.9 Å². The molecule has 0 saturated carbocycles. The molecule has 1 N–H and O–H groups in total. The average Bonchev–Trinajstić information content (AvgIpc) is 2.73. The number of anilines is 1. The van der Waals surface area contributed by atoms with Crippen molar-refractivity contribution >= 4 is 40.3 Å². The molecule has 1 aliphatic heterocycles. The van der Waals surface area contributed by atoms with Crippen LogP contribution in [0.2, 0.25) is 0 Å². The van der Waals surface area contributed by atoms with Gasteiger partial charge < -0.3 is 14.4 Å². The number of piperidine rings is 1. The van der Waals surface area contributed by atoms with Gasteiger partial charge in [-0.1, -0.05) is 11.8 Å². The molecule has 0 unspecified atom stereocenters. The molecule has 1 aliphatic rings. The lowest BCUT2D eigenvalue weighted by Crippen LogP contribution is -2.35. The Bertz CT molecular complexity index is 817. The van der Waals surface area contributed by atoms with Crippen LogP contribution in [0.4, 0.5) is 5.69 Å². The minimum atomic E-state index is -0.0456. The lowest BCUT2D eigenvalue weighted by molar-refractivity contribution is -0.109. The van der Waals surface area contributed by atoms with Crippen molar-refractivity contribution in [3.63, 3.8) is 0 Å². The van der Waals surface area contributed by atoms with Crippen LogP contribution in [0.1, 0.15) is 30.1 Å². The maximum Gasteiger partial charge on any atom is 0.186 e. The molecule has 0 atom stereocenters. The van der Waals surface area contributed by atoms with E-state index in [0.29, 0.717) is 11.7 Å². The second-order valence-electron chi connectivity index (χ2n) is 7.08. The zero-order chi connectivity index (χ0) is 20.6. The first kappa shape index (κ1) is 21.7. The van der Waals surface area contributed by atoms with Gasteiger partial charge in [-0.2, -0.15) is 0 Å². The highest BCUT2D eigenvalue weighted by Gasteiger charge is 2.17. The number of benzene rings is 2. The first-order valence-corrected chi connectivity index (χ1v) is 11.4. The first-order valence-electron chi connectivity index (χ1n) is 9.64. The zero-order valence-electron chi connectivity index (χ0n) is 16.7. The van der Waals surface area contributed by atoms with Crippen LogP contribution in [0, 0.1) is 0 Å². The Morgan fingerprint density at radius 1 is 1.07 bits per heavy atom. The number of rotatable bonds is 8. The third-order valence-corrected chi connectivity index (χ3v) is 6.35. The molecule has 29 heavy (non-hydrogen) atoms. The van der Waals surface area contributed by atoms with Gasteiger partial charge in [0.2, 0.25) is 0 Å². The molecular weight excluding hydrogens is 404 g/mol. The topological polar surface area (TPSA) is 58.6 Å². The van der Waals surface area contributed by atoms with E-state index in [1.807, 2.05) is 36.4 Å². The lowest BCUT2D eigenvalue weighted by Gasteiger charge is -2.29. The van der Waals surface area contributed by atoms with Crippen molar-refractivity contribution < 1.29 is 14.3 Å². The fourth-order valence-corrected chi connectivity index (χ4v) is 4.12. The van der Waals surface area contributed by atoms with Gasteiger partial charge in [-0.05, 0) is 80.4 Å². The molecule has 0 aliphatic carbocycles. The van der Waals surface area contributed by atoms with E-state index in [4.69, 9.17) is 4.74 Å². The smallest absolute Gasteiger partial charge is 0.186 e. The fourth-order valence-electron chi connectivity index (χ4n) is 2.97. The number of likely N-dealkylation sites (tertiary alicyclic amines) is 1. The molecule has 154 valence electrons. The van der Waals surface area contributed by atoms with Gasteiger partial charge in [-0.25, -0.2) is 0 Å². The normalized spacial score (nSPS) is 15.1. The van der Waals surface area contributed by atoms with Crippen LogP contribution >= 0.6 is 23.7 Å². The van der Waals surface area contributed by atoms with Crippen molar-refractivity contribution in [3.8, 4) is 5.75 Å². The minimum Gasteiger partial charge on any atom is -0.490 e. The molecule has 0 aromatic heterocycles. The van der Waals surface area contributed by atoms with Crippen molar-refractivity contribution in [2.24, 2.45) is 0 Å². The predicted molar refractivity (Wildman–Crippen MR) is 121 cm³/mol. The molecule has 7 heteroatoms. The van der Waals surface area contributed by atoms with E-state index < -0.39 is 0 Å². The standard InChI is InChI=1S/C22H26N2O3S2/c1-16(25)28-15-22(26)17-3-5-18(6-4-17)23-29-21-9-7-19(8-10-21)27-20-11-13-24(2)14-12-20/h3-10,20,23H,11-15H2,1-2H3. The second-order valence-corrected chi connectivity index (χ2v) is 9.11. The van der Waals surface area contributed by atoms with E-state index in [-0.39, 0.29) is 16.7 Å². The monoisotopic (exact) mass is 430 g/mol. The number of hydrogen-bond acceptors (Lipinski definition) is 7. The molecular formula is C22H26N2O3S2. The van der Waals surface area contributed by atoms with E-state index in [2.05, 4.69) is 16.7 Å². The predicted octanol–water partition coefficient (Wildman–Crippen LogP) is 4.74. The van der Waals surface area contributed by atoms with Gasteiger partial charge >= 0.3 is 0 Å². The minimum absolute atomic E-state index is 0.0374. The molecule has 0 spiro atoms. The van der Waals surface area contributed by atoms with Crippen LogP contribution < -0.4 is 9.46 Å². The quantitative estimate of drug-likeness (QED) is 0.479. The lowest BCUT2D eigenvalue weighted by atomic mass is 10.1. The summed E-state index contributed by atoms with van der Waals surface area (Å²) >= 11 is 2.55. The number of carbonyl (C=O) groups excluding carboxylic acids is 2. The van der Waals surface area contributed by atoms with Crippen molar-refractivity contribution in [1.29, 1.82) is 0 Å². The molecule has 3 rings (SSSR count). The van der Waals surface area contributed by atoms with Crippen LogP contribution in [0.5, 0.6) is 5.75 Å². The van der Waals surface area contributed by atoms with Crippen LogP contribution in [0.25, 0.3) is 0 Å². The van der Waals surface area contributed by atoms with Crippen molar-refractivity contribution in [2.45, 2.75) is 30.8 Å². The number of Topliss-reactive ketones (excluding diaryl/α,β-unsaturated/α-hetero) is 1. The highest BCUT2D eigenvalue weighted by molar-refractivity contribution is 8.14. The van der Waals surface area contributed by atoms with Crippen LogP contribution in [-0.2, 0) is 4.79 Å². The molecule has 0 amide bonds. The Hall–Kier alpha value is -1.96. The third-order valence-electron chi connectivity index (χ3n) is 4.69. The molecule has 5 nitrogen and oxygen atoms in total. The summed E-state index contributed by atoms with van der Waals surface area (Å²) in [6.07, 6.45) is 2.44. The van der Waals surface area contributed by atoms with Crippen molar-refractivity contribution in [1.82, 2.24) is 4.90 Å². The molecule has 1 heterocycles. The number of nitrogens with one attached hydrogen (secondary N) is 1. The molecule has 1 fully saturated rings. The molecule has 2 aromatic rings. The van der Waals surface area contributed by atoms with Gasteiger partial charge in [0.05, 0.1) is 5.75 Å². The summed E-state index contributed by atoms with van der Waals surface area (Å²) in [5, 5.41) is -0.0456. The number of thioether (sulfide) groups is 1. The average molecular weight is 431 g/mol.